The van der Waals surface area contributed by atoms with Crippen LogP contribution in [0.2, 0.25) is 0 Å². The molecule has 3 aromatic rings. The van der Waals surface area contributed by atoms with Crippen molar-refractivity contribution in [2.24, 2.45) is 0 Å². The molecule has 1 amide bonds. The van der Waals surface area contributed by atoms with Crippen LogP contribution in [0.15, 0.2) is 72.3 Å². The molecule has 5 nitrogen and oxygen atoms in total. The lowest BCUT2D eigenvalue weighted by atomic mass is 9.93. The van der Waals surface area contributed by atoms with E-state index in [1.54, 1.807) is 0 Å². The summed E-state index contributed by atoms with van der Waals surface area (Å²) < 4.78 is 0. The van der Waals surface area contributed by atoms with Crippen LogP contribution in [0.5, 0.6) is 0 Å². The molecule has 1 unspecified atom stereocenters. The van der Waals surface area contributed by atoms with Gasteiger partial charge >= 0.3 is 0 Å². The fraction of sp³-hybridized carbons (Fsp3) is 0.312. The van der Waals surface area contributed by atoms with E-state index in [4.69, 9.17) is 0 Å². The number of ketones is 1. The number of amides is 1. The number of aliphatic hydroxyl groups excluding tert-OH is 1. The number of carbonyl (C=O) groups is 2. The maximum Gasteiger partial charge on any atom is 0.300 e. The van der Waals surface area contributed by atoms with Crippen LogP contribution in [0.1, 0.15) is 67.5 Å². The third kappa shape index (κ3) is 4.91. The van der Waals surface area contributed by atoms with Gasteiger partial charge in [-0.15, -0.1) is 0 Å². The summed E-state index contributed by atoms with van der Waals surface area (Å²) >= 11 is 0. The summed E-state index contributed by atoms with van der Waals surface area (Å²) in [5.41, 5.74) is 6.11. The zero-order valence-electron chi connectivity index (χ0n) is 22.6. The lowest BCUT2D eigenvalue weighted by Gasteiger charge is -2.27. The molecular formula is C32H36N2O3. The van der Waals surface area contributed by atoms with Crippen molar-refractivity contribution in [3.05, 3.63) is 100 Å². The number of aliphatic hydroxyl groups is 1. The molecule has 1 heterocycles. The monoisotopic (exact) mass is 496 g/mol. The molecule has 37 heavy (non-hydrogen) atoms. The quantitative estimate of drug-likeness (QED) is 0.220. The molecule has 5 heteroatoms. The minimum atomic E-state index is -0.740. The van der Waals surface area contributed by atoms with E-state index < -0.39 is 17.7 Å². The van der Waals surface area contributed by atoms with E-state index in [0.717, 1.165) is 41.0 Å². The SMILES string of the molecule is CCN(CC)c1ccc(C2/C(=C(\O)c3cc(C)ccc3C)C(=O)C(=O)N2c2ccc(C(C)C)cc2)cc1. The first kappa shape index (κ1) is 26.2. The molecule has 1 N–H and O–H groups in total. The third-order valence-corrected chi connectivity index (χ3v) is 7.27. The first-order valence-electron chi connectivity index (χ1n) is 13.0. The average Bonchev–Trinajstić information content (AvgIpc) is 3.16. The molecule has 4 rings (SSSR count). The van der Waals surface area contributed by atoms with Crippen LogP contribution >= 0.6 is 0 Å². The van der Waals surface area contributed by atoms with Crippen molar-refractivity contribution < 1.29 is 14.7 Å². The Hall–Kier alpha value is -3.86. The number of hydrogen-bond acceptors (Lipinski definition) is 4. The van der Waals surface area contributed by atoms with Gasteiger partial charge in [-0.1, -0.05) is 55.8 Å². The first-order chi connectivity index (χ1) is 17.7. The zero-order chi connectivity index (χ0) is 26.9. The molecule has 0 bridgehead atoms. The number of carbonyl (C=O) groups excluding carboxylic acids is 2. The molecule has 0 aliphatic carbocycles. The van der Waals surface area contributed by atoms with Crippen molar-refractivity contribution >= 4 is 28.8 Å². The second-order valence-electron chi connectivity index (χ2n) is 10.00. The van der Waals surface area contributed by atoms with Gasteiger partial charge in [0.15, 0.2) is 0 Å². The number of rotatable bonds is 7. The maximum absolute atomic E-state index is 13.5. The van der Waals surface area contributed by atoms with Gasteiger partial charge in [0.2, 0.25) is 0 Å². The molecule has 1 fully saturated rings. The van der Waals surface area contributed by atoms with Gasteiger partial charge < -0.3 is 10.0 Å². The van der Waals surface area contributed by atoms with Crippen LogP contribution in [0.25, 0.3) is 5.76 Å². The molecule has 1 saturated heterocycles. The number of aryl methyl sites for hydroxylation is 2. The number of nitrogens with zero attached hydrogens (tertiary/aromatic N) is 2. The van der Waals surface area contributed by atoms with Gasteiger partial charge in [0, 0.05) is 30.0 Å². The first-order valence-corrected chi connectivity index (χ1v) is 13.0. The highest BCUT2D eigenvalue weighted by Gasteiger charge is 2.47. The summed E-state index contributed by atoms with van der Waals surface area (Å²) in [7, 11) is 0. The van der Waals surface area contributed by atoms with Crippen LogP contribution in [-0.4, -0.2) is 29.9 Å². The molecule has 0 aromatic heterocycles. The lowest BCUT2D eigenvalue weighted by molar-refractivity contribution is -0.132. The molecule has 1 aliphatic heterocycles. The van der Waals surface area contributed by atoms with E-state index in [1.807, 2.05) is 80.6 Å². The largest absolute Gasteiger partial charge is 0.507 e. The van der Waals surface area contributed by atoms with E-state index in [2.05, 4.69) is 32.6 Å². The molecule has 0 spiro atoms. The molecule has 3 aromatic carbocycles. The summed E-state index contributed by atoms with van der Waals surface area (Å²) in [6, 6.07) is 20.7. The minimum Gasteiger partial charge on any atom is -0.507 e. The number of benzene rings is 3. The summed E-state index contributed by atoms with van der Waals surface area (Å²) in [5.74, 6) is -1.11. The lowest BCUT2D eigenvalue weighted by Crippen LogP contribution is -2.29. The van der Waals surface area contributed by atoms with Gasteiger partial charge in [0.1, 0.15) is 5.76 Å². The molecule has 0 saturated carbocycles. The Labute approximate surface area is 220 Å². The van der Waals surface area contributed by atoms with Crippen LogP contribution < -0.4 is 9.80 Å². The van der Waals surface area contributed by atoms with E-state index in [1.165, 1.54) is 4.90 Å². The molecule has 192 valence electrons. The fourth-order valence-corrected chi connectivity index (χ4v) is 5.03. The van der Waals surface area contributed by atoms with Crippen molar-refractivity contribution in [1.82, 2.24) is 0 Å². The summed E-state index contributed by atoms with van der Waals surface area (Å²) in [5, 5.41) is 11.5. The molecule has 0 radical (unpaired) electrons. The number of Topliss-reactive ketones (excluding diaryl/α,β-unsaturated/α-hetero) is 1. The highest BCUT2D eigenvalue weighted by atomic mass is 16.3. The predicted molar refractivity (Wildman–Crippen MR) is 151 cm³/mol. The Bertz CT molecular complexity index is 1330. The average molecular weight is 497 g/mol. The van der Waals surface area contributed by atoms with Crippen LogP contribution in [0.4, 0.5) is 11.4 Å². The molecular weight excluding hydrogens is 460 g/mol. The van der Waals surface area contributed by atoms with Gasteiger partial charge in [0.05, 0.1) is 11.6 Å². The van der Waals surface area contributed by atoms with E-state index in [-0.39, 0.29) is 11.3 Å². The van der Waals surface area contributed by atoms with E-state index in [0.29, 0.717) is 17.2 Å². The highest BCUT2D eigenvalue weighted by Crippen LogP contribution is 2.43. The Balaban J connectivity index is 1.91. The van der Waals surface area contributed by atoms with Gasteiger partial charge in [-0.3, -0.25) is 14.5 Å². The topological polar surface area (TPSA) is 60.9 Å². The summed E-state index contributed by atoms with van der Waals surface area (Å²) in [4.78, 5) is 30.8. The molecule has 1 atom stereocenters. The summed E-state index contributed by atoms with van der Waals surface area (Å²) in [6.07, 6.45) is 0. The zero-order valence-corrected chi connectivity index (χ0v) is 22.6. The van der Waals surface area contributed by atoms with Crippen LogP contribution in [-0.2, 0) is 9.59 Å². The third-order valence-electron chi connectivity index (χ3n) is 7.27. The van der Waals surface area contributed by atoms with Crippen LogP contribution in [0.3, 0.4) is 0 Å². The van der Waals surface area contributed by atoms with Crippen molar-refractivity contribution in [2.45, 2.75) is 53.5 Å². The number of hydrogen-bond donors (Lipinski definition) is 1. The van der Waals surface area contributed by atoms with E-state index >= 15 is 0 Å². The van der Waals surface area contributed by atoms with Gasteiger partial charge in [0.25, 0.3) is 11.7 Å². The maximum atomic E-state index is 13.5. The second-order valence-corrected chi connectivity index (χ2v) is 10.00. The summed E-state index contributed by atoms with van der Waals surface area (Å²) in [6.45, 7) is 14.0. The Morgan fingerprint density at radius 2 is 1.54 bits per heavy atom. The fourth-order valence-electron chi connectivity index (χ4n) is 5.03. The van der Waals surface area contributed by atoms with E-state index in [9.17, 15) is 14.7 Å². The van der Waals surface area contributed by atoms with Gasteiger partial charge in [-0.05, 0) is 80.6 Å². The van der Waals surface area contributed by atoms with Crippen molar-refractivity contribution in [1.29, 1.82) is 0 Å². The van der Waals surface area contributed by atoms with Crippen molar-refractivity contribution in [2.75, 3.05) is 22.9 Å². The Morgan fingerprint density at radius 1 is 0.919 bits per heavy atom. The van der Waals surface area contributed by atoms with Crippen molar-refractivity contribution in [3.63, 3.8) is 0 Å². The van der Waals surface area contributed by atoms with Crippen LogP contribution in [0, 0.1) is 13.8 Å². The Morgan fingerprint density at radius 3 is 2.11 bits per heavy atom. The Kier molecular flexibility index (Phi) is 7.53. The minimum absolute atomic E-state index is 0.113. The highest BCUT2D eigenvalue weighted by molar-refractivity contribution is 6.51. The predicted octanol–water partition coefficient (Wildman–Crippen LogP) is 6.90. The molecule has 1 aliphatic rings. The number of anilines is 2. The normalized spacial score (nSPS) is 17.1. The smallest absolute Gasteiger partial charge is 0.300 e. The van der Waals surface area contributed by atoms with Crippen molar-refractivity contribution in [3.8, 4) is 0 Å². The van der Waals surface area contributed by atoms with Gasteiger partial charge in [-0.25, -0.2) is 0 Å². The van der Waals surface area contributed by atoms with Gasteiger partial charge in [-0.2, -0.15) is 0 Å². The second kappa shape index (κ2) is 10.6. The standard InChI is InChI=1S/C32H36N2O3/c1-7-33(8-2)25-15-13-24(14-16-25)29-28(30(35)27-19-21(5)9-10-22(27)6)31(36)32(37)34(29)26-17-11-23(12-18-26)20(3)4/h9-20,29,35H,7-8H2,1-6H3/b30-28+.